The van der Waals surface area contributed by atoms with Crippen LogP contribution in [0.25, 0.3) is 0 Å². The minimum atomic E-state index is -0.813. The second-order valence-electron chi connectivity index (χ2n) is 16.1. The number of rotatable bonds is 43. The average Bonchev–Trinajstić information content (AvgIpc) is 3.28. The van der Waals surface area contributed by atoms with Gasteiger partial charge in [0.25, 0.3) is 0 Å². The second kappa shape index (κ2) is 50.5. The Labute approximate surface area is 386 Å². The second-order valence-corrected chi connectivity index (χ2v) is 16.1. The van der Waals surface area contributed by atoms with Gasteiger partial charge in [-0.1, -0.05) is 213 Å². The van der Waals surface area contributed by atoms with Gasteiger partial charge in [0.1, 0.15) is 13.2 Å². The van der Waals surface area contributed by atoms with Crippen molar-refractivity contribution < 1.29 is 28.6 Å². The van der Waals surface area contributed by atoms with Crippen molar-refractivity contribution in [2.24, 2.45) is 0 Å². The standard InChI is InChI=1S/C57H90O6/c1-4-7-10-13-16-19-22-25-27-28-29-30-31-33-35-38-41-44-47-50-56(59)62-53-54(52-61-55(58)49-46-43-40-37-34-24-21-18-15-12-9-6-3)63-57(60)51-48-45-42-39-36-32-26-23-20-17-14-11-8-5-2/h7,9-10,12-13,16,18-19,21-22,25,27-33,35-36,54H,4-6,8,11,14-15,17,20,23-24,26,34,37-53H2,1-3H3/b10-7-,12-9-,16-13-,21-18-,22-19-,27-25-,29-28+,31-30-,35-33-,36-32-. The zero-order valence-electron chi connectivity index (χ0n) is 40.3. The van der Waals surface area contributed by atoms with Crippen LogP contribution in [0.3, 0.4) is 0 Å². The van der Waals surface area contributed by atoms with Crippen LogP contribution in [0.5, 0.6) is 0 Å². The van der Waals surface area contributed by atoms with Gasteiger partial charge < -0.3 is 14.2 Å². The summed E-state index contributed by atoms with van der Waals surface area (Å²) < 4.78 is 16.7. The molecule has 6 heteroatoms. The SMILES string of the molecule is CC\C=C/C=C\C=C/C=C\C=C\C=C/C=C\CCCCCC(=O)OCC(COC(=O)CCCCCCC/C=C\C/C=C\CC)OC(=O)CCCCC/C=C\CCCCCCCCC. The Bertz CT molecular complexity index is 1370. The third-order valence-corrected chi connectivity index (χ3v) is 10.1. The van der Waals surface area contributed by atoms with Crippen LogP contribution in [0.2, 0.25) is 0 Å². The Hall–Kier alpha value is -4.19. The Morgan fingerprint density at radius 1 is 0.349 bits per heavy atom. The Morgan fingerprint density at radius 3 is 1.17 bits per heavy atom. The van der Waals surface area contributed by atoms with E-state index < -0.39 is 6.10 Å². The smallest absolute Gasteiger partial charge is 0.306 e. The fraction of sp³-hybridized carbons (Fsp3) is 0.596. The molecule has 0 aromatic heterocycles. The van der Waals surface area contributed by atoms with Crippen LogP contribution in [0.4, 0.5) is 0 Å². The van der Waals surface area contributed by atoms with E-state index >= 15 is 0 Å². The number of carbonyl (C=O) groups excluding carboxylic acids is 3. The van der Waals surface area contributed by atoms with E-state index in [0.29, 0.717) is 12.8 Å². The molecule has 0 aliphatic heterocycles. The maximum Gasteiger partial charge on any atom is 0.306 e. The van der Waals surface area contributed by atoms with E-state index in [1.165, 1.54) is 44.9 Å². The highest BCUT2D eigenvalue weighted by Crippen LogP contribution is 2.13. The van der Waals surface area contributed by atoms with Crippen LogP contribution < -0.4 is 0 Å². The van der Waals surface area contributed by atoms with Crippen molar-refractivity contribution in [2.45, 2.75) is 207 Å². The Kier molecular flexibility index (Phi) is 47.1. The van der Waals surface area contributed by atoms with Gasteiger partial charge in [0.2, 0.25) is 0 Å². The van der Waals surface area contributed by atoms with Gasteiger partial charge in [-0.15, -0.1) is 0 Å². The lowest BCUT2D eigenvalue weighted by atomic mass is 10.1. The van der Waals surface area contributed by atoms with Crippen LogP contribution in [0, 0.1) is 0 Å². The lowest BCUT2D eigenvalue weighted by Crippen LogP contribution is -2.30. The van der Waals surface area contributed by atoms with Crippen molar-refractivity contribution in [3.05, 3.63) is 122 Å². The molecule has 0 aromatic carbocycles. The van der Waals surface area contributed by atoms with Crippen molar-refractivity contribution in [2.75, 3.05) is 13.2 Å². The average molecular weight is 871 g/mol. The van der Waals surface area contributed by atoms with Gasteiger partial charge in [-0.05, 0) is 89.9 Å². The van der Waals surface area contributed by atoms with Crippen LogP contribution in [0.15, 0.2) is 122 Å². The predicted molar refractivity (Wildman–Crippen MR) is 269 cm³/mol. The van der Waals surface area contributed by atoms with Crippen molar-refractivity contribution in [1.82, 2.24) is 0 Å². The maximum atomic E-state index is 12.8. The lowest BCUT2D eigenvalue weighted by Gasteiger charge is -2.18. The first-order valence-corrected chi connectivity index (χ1v) is 25.1. The Morgan fingerprint density at radius 2 is 0.698 bits per heavy atom. The van der Waals surface area contributed by atoms with Crippen molar-refractivity contribution in [3.8, 4) is 0 Å². The molecule has 6 nitrogen and oxygen atoms in total. The highest BCUT2D eigenvalue weighted by Gasteiger charge is 2.19. The van der Waals surface area contributed by atoms with Crippen molar-refractivity contribution in [1.29, 1.82) is 0 Å². The summed E-state index contributed by atoms with van der Waals surface area (Å²) in [6.07, 6.45) is 68.9. The molecule has 0 saturated carbocycles. The first-order chi connectivity index (χ1) is 31.0. The minimum absolute atomic E-state index is 0.110. The van der Waals surface area contributed by atoms with Gasteiger partial charge in [0, 0.05) is 19.3 Å². The summed E-state index contributed by atoms with van der Waals surface area (Å²) in [4.78, 5) is 37.9. The molecule has 354 valence electrons. The minimum Gasteiger partial charge on any atom is -0.462 e. The third-order valence-electron chi connectivity index (χ3n) is 10.1. The normalized spacial score (nSPS) is 13.1. The highest BCUT2D eigenvalue weighted by atomic mass is 16.6. The quantitative estimate of drug-likeness (QED) is 0.0200. The van der Waals surface area contributed by atoms with Gasteiger partial charge in [-0.3, -0.25) is 14.4 Å². The van der Waals surface area contributed by atoms with E-state index in [0.717, 1.165) is 116 Å². The number of hydrogen-bond acceptors (Lipinski definition) is 6. The summed E-state index contributed by atoms with van der Waals surface area (Å²) >= 11 is 0. The number of hydrogen-bond donors (Lipinski definition) is 0. The number of esters is 3. The molecule has 0 aliphatic rings. The molecule has 0 amide bonds. The highest BCUT2D eigenvalue weighted by molar-refractivity contribution is 5.71. The molecule has 0 spiro atoms. The molecular formula is C57H90O6. The first kappa shape index (κ1) is 58.8. The van der Waals surface area contributed by atoms with E-state index in [-0.39, 0.29) is 37.5 Å². The monoisotopic (exact) mass is 871 g/mol. The first-order valence-electron chi connectivity index (χ1n) is 25.1. The molecule has 0 heterocycles. The van der Waals surface area contributed by atoms with E-state index in [1.54, 1.807) is 0 Å². The zero-order chi connectivity index (χ0) is 45.8. The Balaban J connectivity index is 4.54. The van der Waals surface area contributed by atoms with E-state index in [2.05, 4.69) is 69.4 Å². The maximum absolute atomic E-state index is 12.8. The predicted octanol–water partition coefficient (Wildman–Crippen LogP) is 16.5. The molecule has 0 rings (SSSR count). The number of unbranched alkanes of at least 4 members (excludes halogenated alkanes) is 18. The summed E-state index contributed by atoms with van der Waals surface area (Å²) in [6.45, 7) is 6.29. The van der Waals surface area contributed by atoms with Crippen LogP contribution >= 0.6 is 0 Å². The van der Waals surface area contributed by atoms with E-state index in [1.807, 2.05) is 72.9 Å². The van der Waals surface area contributed by atoms with E-state index in [4.69, 9.17) is 14.2 Å². The molecule has 0 N–H and O–H groups in total. The van der Waals surface area contributed by atoms with Crippen LogP contribution in [0.1, 0.15) is 201 Å². The third kappa shape index (κ3) is 48.7. The fourth-order valence-electron chi connectivity index (χ4n) is 6.40. The summed E-state index contributed by atoms with van der Waals surface area (Å²) in [7, 11) is 0. The van der Waals surface area contributed by atoms with Crippen LogP contribution in [-0.4, -0.2) is 37.2 Å². The van der Waals surface area contributed by atoms with Gasteiger partial charge >= 0.3 is 17.9 Å². The van der Waals surface area contributed by atoms with E-state index in [9.17, 15) is 14.4 Å². The molecule has 0 radical (unpaired) electrons. The number of allylic oxidation sites excluding steroid dienone is 20. The molecule has 0 fully saturated rings. The fourth-order valence-corrected chi connectivity index (χ4v) is 6.40. The molecule has 0 aromatic rings. The number of ether oxygens (including phenoxy) is 3. The molecule has 0 bridgehead atoms. The molecule has 0 aliphatic carbocycles. The van der Waals surface area contributed by atoms with Crippen molar-refractivity contribution >= 4 is 17.9 Å². The lowest BCUT2D eigenvalue weighted by molar-refractivity contribution is -0.167. The molecule has 0 saturated heterocycles. The topological polar surface area (TPSA) is 78.9 Å². The summed E-state index contributed by atoms with van der Waals surface area (Å²) in [5.74, 6) is -0.995. The number of carbonyl (C=O) groups is 3. The largest absolute Gasteiger partial charge is 0.462 e. The molecule has 1 unspecified atom stereocenters. The molecule has 63 heavy (non-hydrogen) atoms. The summed E-state index contributed by atoms with van der Waals surface area (Å²) in [5.41, 5.74) is 0. The zero-order valence-corrected chi connectivity index (χ0v) is 40.3. The molecule has 1 atom stereocenters. The molecular weight excluding hydrogens is 781 g/mol. The van der Waals surface area contributed by atoms with Gasteiger partial charge in [-0.25, -0.2) is 0 Å². The summed E-state index contributed by atoms with van der Waals surface area (Å²) in [5, 5.41) is 0. The van der Waals surface area contributed by atoms with Gasteiger partial charge in [0.15, 0.2) is 6.10 Å². The summed E-state index contributed by atoms with van der Waals surface area (Å²) in [6, 6.07) is 0. The van der Waals surface area contributed by atoms with Gasteiger partial charge in [-0.2, -0.15) is 0 Å². The van der Waals surface area contributed by atoms with Gasteiger partial charge in [0.05, 0.1) is 0 Å². The van der Waals surface area contributed by atoms with Crippen LogP contribution in [-0.2, 0) is 28.6 Å². The van der Waals surface area contributed by atoms with Crippen molar-refractivity contribution in [3.63, 3.8) is 0 Å².